The van der Waals surface area contributed by atoms with E-state index in [0.29, 0.717) is 11.8 Å². The van der Waals surface area contributed by atoms with Gasteiger partial charge in [0.2, 0.25) is 0 Å². The molecule has 0 radical (unpaired) electrons. The molecule has 0 aliphatic heterocycles. The summed E-state index contributed by atoms with van der Waals surface area (Å²) >= 11 is 0. The third kappa shape index (κ3) is 4.08. The minimum absolute atomic E-state index is 0.368. The summed E-state index contributed by atoms with van der Waals surface area (Å²) in [6, 6.07) is 6.11. The molecule has 1 aromatic carbocycles. The molecule has 0 aromatic heterocycles. The molecule has 0 saturated heterocycles. The van der Waals surface area contributed by atoms with Crippen LogP contribution in [0, 0.1) is 0 Å². The van der Waals surface area contributed by atoms with Crippen molar-refractivity contribution in [3.8, 4) is 5.75 Å². The van der Waals surface area contributed by atoms with Crippen molar-refractivity contribution in [2.75, 3.05) is 19.8 Å². The molecular weight excluding hydrogens is 238 g/mol. The molecule has 0 amide bonds. The molecule has 1 aromatic rings. The lowest BCUT2D eigenvalue weighted by atomic mass is 9.87. The zero-order valence-corrected chi connectivity index (χ0v) is 11.4. The number of hydrogen-bond acceptors (Lipinski definition) is 3. The third-order valence-electron chi connectivity index (χ3n) is 3.54. The molecule has 3 nitrogen and oxygen atoms in total. The number of ether oxygens (including phenoxy) is 1. The van der Waals surface area contributed by atoms with E-state index in [-0.39, 0.29) is 0 Å². The maximum absolute atomic E-state index is 9.52. The number of phenols is 1. The quantitative estimate of drug-likeness (QED) is 0.585. The second-order valence-corrected chi connectivity index (χ2v) is 4.97. The number of phenolic OH excluding ortho intramolecular Hbond substituents is 1. The highest BCUT2D eigenvalue weighted by atomic mass is 16.5. The topological polar surface area (TPSA) is 41.5 Å². The van der Waals surface area contributed by atoms with E-state index < -0.39 is 0 Å². The maximum atomic E-state index is 9.52. The lowest BCUT2D eigenvalue weighted by molar-refractivity contribution is 0.137. The van der Waals surface area contributed by atoms with Gasteiger partial charge in [0.05, 0.1) is 13.2 Å². The molecule has 0 bridgehead atoms. The lowest BCUT2D eigenvalue weighted by Gasteiger charge is -2.26. The van der Waals surface area contributed by atoms with Crippen molar-refractivity contribution < 1.29 is 9.84 Å². The Morgan fingerprint density at radius 2 is 2.32 bits per heavy atom. The van der Waals surface area contributed by atoms with Crippen molar-refractivity contribution in [2.45, 2.75) is 31.7 Å². The van der Waals surface area contributed by atoms with Crippen molar-refractivity contribution in [1.82, 2.24) is 5.32 Å². The number of nitrogens with one attached hydrogen (secondary N) is 1. The molecule has 2 rings (SSSR count). The summed E-state index contributed by atoms with van der Waals surface area (Å²) in [7, 11) is 0. The van der Waals surface area contributed by atoms with E-state index in [4.69, 9.17) is 4.74 Å². The Hall–Kier alpha value is -1.32. The van der Waals surface area contributed by atoms with E-state index in [1.165, 1.54) is 17.5 Å². The van der Waals surface area contributed by atoms with Gasteiger partial charge in [-0.15, -0.1) is 6.58 Å². The fraction of sp³-hybridized carbons (Fsp3) is 0.500. The summed E-state index contributed by atoms with van der Waals surface area (Å²) in [4.78, 5) is 0. The van der Waals surface area contributed by atoms with Crippen molar-refractivity contribution in [1.29, 1.82) is 0 Å². The van der Waals surface area contributed by atoms with Crippen molar-refractivity contribution in [2.24, 2.45) is 0 Å². The average Bonchev–Trinajstić information content (AvgIpc) is 2.42. The van der Waals surface area contributed by atoms with E-state index in [0.717, 1.165) is 39.0 Å². The Balaban J connectivity index is 1.81. The largest absolute Gasteiger partial charge is 0.508 e. The standard InChI is InChI=1S/C16H23NO2/c1-2-3-10-19-11-9-17-16-6-4-5-13-12-14(18)7-8-15(13)16/h2,7-8,12,16-18H,1,3-6,9-11H2. The first-order chi connectivity index (χ1) is 9.31. The van der Waals surface area contributed by atoms with Crippen LogP contribution in [-0.4, -0.2) is 24.9 Å². The van der Waals surface area contributed by atoms with Crippen LogP contribution in [-0.2, 0) is 11.2 Å². The van der Waals surface area contributed by atoms with E-state index in [2.05, 4.69) is 11.9 Å². The fourth-order valence-electron chi connectivity index (χ4n) is 2.59. The van der Waals surface area contributed by atoms with Gasteiger partial charge in [-0.3, -0.25) is 0 Å². The Kier molecular flexibility index (Phi) is 5.43. The number of aryl methyl sites for hydroxylation is 1. The Labute approximate surface area is 115 Å². The van der Waals surface area contributed by atoms with Crippen LogP contribution in [0.4, 0.5) is 0 Å². The Morgan fingerprint density at radius 1 is 1.42 bits per heavy atom. The Bertz CT molecular complexity index is 417. The van der Waals surface area contributed by atoms with E-state index >= 15 is 0 Å². The van der Waals surface area contributed by atoms with Gasteiger partial charge in [0.25, 0.3) is 0 Å². The van der Waals surface area contributed by atoms with Gasteiger partial charge in [-0.1, -0.05) is 12.1 Å². The molecule has 2 N–H and O–H groups in total. The molecule has 1 aliphatic carbocycles. The molecule has 0 fully saturated rings. The van der Waals surface area contributed by atoms with Gasteiger partial charge >= 0.3 is 0 Å². The summed E-state index contributed by atoms with van der Waals surface area (Å²) < 4.78 is 5.50. The number of aromatic hydroxyl groups is 1. The van der Waals surface area contributed by atoms with Gasteiger partial charge in [0, 0.05) is 12.6 Å². The molecule has 0 spiro atoms. The molecule has 19 heavy (non-hydrogen) atoms. The van der Waals surface area contributed by atoms with Gasteiger partial charge in [0.15, 0.2) is 0 Å². The SMILES string of the molecule is C=CCCOCCNC1CCCc2cc(O)ccc21. The normalized spacial score (nSPS) is 18.0. The highest BCUT2D eigenvalue weighted by Crippen LogP contribution is 2.31. The van der Waals surface area contributed by atoms with Crippen LogP contribution < -0.4 is 5.32 Å². The summed E-state index contributed by atoms with van der Waals surface area (Å²) in [5.41, 5.74) is 2.60. The van der Waals surface area contributed by atoms with Gasteiger partial charge < -0.3 is 15.2 Å². The summed E-state index contributed by atoms with van der Waals surface area (Å²) in [5.74, 6) is 0.368. The summed E-state index contributed by atoms with van der Waals surface area (Å²) in [6.07, 6.45) is 6.18. The van der Waals surface area contributed by atoms with E-state index in [9.17, 15) is 5.11 Å². The minimum atomic E-state index is 0.368. The summed E-state index contributed by atoms with van der Waals surface area (Å²) in [6.45, 7) is 6.02. The highest BCUT2D eigenvalue weighted by molar-refractivity contribution is 5.38. The van der Waals surface area contributed by atoms with Crippen LogP contribution in [0.25, 0.3) is 0 Å². The molecular formula is C16H23NO2. The number of rotatable bonds is 7. The average molecular weight is 261 g/mol. The monoisotopic (exact) mass is 261 g/mol. The summed E-state index contributed by atoms with van der Waals surface area (Å²) in [5, 5.41) is 13.1. The van der Waals surface area contributed by atoms with Crippen LogP contribution in [0.5, 0.6) is 5.75 Å². The first-order valence-corrected chi connectivity index (χ1v) is 7.05. The predicted octanol–water partition coefficient (Wildman–Crippen LogP) is 2.95. The first-order valence-electron chi connectivity index (χ1n) is 7.05. The fourth-order valence-corrected chi connectivity index (χ4v) is 2.59. The van der Waals surface area contributed by atoms with Crippen LogP contribution in [0.2, 0.25) is 0 Å². The second-order valence-electron chi connectivity index (χ2n) is 4.97. The molecule has 1 atom stereocenters. The van der Waals surface area contributed by atoms with Crippen LogP contribution >= 0.6 is 0 Å². The highest BCUT2D eigenvalue weighted by Gasteiger charge is 2.19. The Morgan fingerprint density at radius 3 is 3.16 bits per heavy atom. The molecule has 3 heteroatoms. The molecule has 0 heterocycles. The van der Waals surface area contributed by atoms with Gasteiger partial charge in [0.1, 0.15) is 5.75 Å². The van der Waals surface area contributed by atoms with Crippen molar-refractivity contribution in [3.05, 3.63) is 42.0 Å². The van der Waals surface area contributed by atoms with Gasteiger partial charge in [-0.25, -0.2) is 0 Å². The maximum Gasteiger partial charge on any atom is 0.115 e. The smallest absolute Gasteiger partial charge is 0.115 e. The molecule has 104 valence electrons. The number of hydrogen-bond donors (Lipinski definition) is 2. The predicted molar refractivity (Wildman–Crippen MR) is 77.4 cm³/mol. The third-order valence-corrected chi connectivity index (χ3v) is 3.54. The molecule has 1 aliphatic rings. The van der Waals surface area contributed by atoms with Crippen LogP contribution in [0.3, 0.4) is 0 Å². The van der Waals surface area contributed by atoms with Crippen LogP contribution in [0.15, 0.2) is 30.9 Å². The van der Waals surface area contributed by atoms with E-state index in [1.54, 1.807) is 6.07 Å². The lowest BCUT2D eigenvalue weighted by Crippen LogP contribution is -2.28. The number of benzene rings is 1. The van der Waals surface area contributed by atoms with Gasteiger partial charge in [-0.2, -0.15) is 0 Å². The second kappa shape index (κ2) is 7.31. The van der Waals surface area contributed by atoms with Crippen molar-refractivity contribution in [3.63, 3.8) is 0 Å². The first kappa shape index (κ1) is 14.1. The van der Waals surface area contributed by atoms with Crippen molar-refractivity contribution >= 4 is 0 Å². The molecule has 1 unspecified atom stereocenters. The zero-order valence-electron chi connectivity index (χ0n) is 11.4. The van der Waals surface area contributed by atoms with Gasteiger partial charge in [-0.05, 0) is 48.9 Å². The minimum Gasteiger partial charge on any atom is -0.508 e. The van der Waals surface area contributed by atoms with Crippen LogP contribution in [0.1, 0.15) is 36.4 Å². The zero-order chi connectivity index (χ0) is 13.5. The van der Waals surface area contributed by atoms with E-state index in [1.807, 2.05) is 18.2 Å². The number of fused-ring (bicyclic) bond motifs is 1. The molecule has 0 saturated carbocycles.